The van der Waals surface area contributed by atoms with Crippen molar-refractivity contribution in [2.75, 3.05) is 33.0 Å². The minimum atomic E-state index is -4.88. The third-order valence-corrected chi connectivity index (χ3v) is 8.64. The van der Waals surface area contributed by atoms with Gasteiger partial charge in [0.15, 0.2) is 36.0 Å². The first-order chi connectivity index (χ1) is 34.2. The van der Waals surface area contributed by atoms with E-state index in [2.05, 4.69) is 22.6 Å². The average Bonchev–Trinajstić information content (AvgIpc) is 3.27. The van der Waals surface area contributed by atoms with Crippen molar-refractivity contribution in [3.05, 3.63) is 59.0 Å². The Balaban J connectivity index is -0.000000192. The molecule has 1 aromatic carbocycles. The molecule has 0 aliphatic rings. The smallest absolute Gasteiger partial charge is 0.422 e. The maximum absolute atomic E-state index is 12.9. The number of carbonyl (C=O) groups excluding carboxylic acids is 2. The maximum atomic E-state index is 12.9. The molecule has 77 heavy (non-hydrogen) atoms. The molecule has 0 saturated heterocycles. The summed E-state index contributed by atoms with van der Waals surface area (Å²) < 4.78 is 261. The van der Waals surface area contributed by atoms with Crippen LogP contribution in [0.2, 0.25) is 0 Å². The predicted molar refractivity (Wildman–Crippen MR) is 226 cm³/mol. The minimum absolute atomic E-state index is 0.0605. The highest BCUT2D eigenvalue weighted by molar-refractivity contribution is 5.88. The minimum Gasteiger partial charge on any atom is -0.479 e. The number of benzene rings is 1. The molecule has 0 amide bonds. The summed E-state index contributed by atoms with van der Waals surface area (Å²) in [6.45, 7) is 10.00. The van der Waals surface area contributed by atoms with Crippen LogP contribution in [0.1, 0.15) is 93.1 Å². The molecule has 0 bridgehead atoms. The number of hydrogen-bond acceptors (Lipinski definition) is 11. The summed E-state index contributed by atoms with van der Waals surface area (Å²) in [5.74, 6) is -21.0. The molecule has 4 unspecified atom stereocenters. The van der Waals surface area contributed by atoms with E-state index < -0.39 is 170 Å². The van der Waals surface area contributed by atoms with Crippen LogP contribution in [-0.2, 0) is 35.3 Å². The highest BCUT2D eigenvalue weighted by Crippen LogP contribution is 2.38. The van der Waals surface area contributed by atoms with Crippen LogP contribution in [0.5, 0.6) is 0 Å². The van der Waals surface area contributed by atoms with Crippen LogP contribution in [-0.4, -0.2) is 141 Å². The fourth-order valence-corrected chi connectivity index (χ4v) is 3.17. The van der Waals surface area contributed by atoms with Crippen LogP contribution >= 0.6 is 0 Å². The van der Waals surface area contributed by atoms with Crippen molar-refractivity contribution in [2.24, 2.45) is 11.3 Å². The van der Waals surface area contributed by atoms with Crippen LogP contribution in [0.15, 0.2) is 24.3 Å². The largest absolute Gasteiger partial charge is 0.479 e. The molecule has 7 N–H and O–H groups in total. The van der Waals surface area contributed by atoms with Gasteiger partial charge in [-0.1, -0.05) is 27.0 Å². The first-order valence-electron chi connectivity index (χ1n) is 20.9. The zero-order chi connectivity index (χ0) is 63.3. The van der Waals surface area contributed by atoms with Crippen molar-refractivity contribution < 1.29 is 157 Å². The number of aliphatic carboxylic acids is 2. The normalized spacial score (nSPS) is 13.9. The van der Waals surface area contributed by atoms with Crippen molar-refractivity contribution >= 4 is 23.9 Å². The van der Waals surface area contributed by atoms with E-state index in [0.717, 1.165) is 20.8 Å². The van der Waals surface area contributed by atoms with Crippen LogP contribution < -0.4 is 0 Å². The lowest BCUT2D eigenvalue weighted by Crippen LogP contribution is -2.43. The number of alkyl halides is 16. The first-order valence-corrected chi connectivity index (χ1v) is 20.9. The number of carboxylic acids is 2. The van der Waals surface area contributed by atoms with E-state index in [1.807, 2.05) is 0 Å². The SMILES string of the molecule is C=C(C)C(=O)OC(CC)C(F)(F)C(=O)O.C=C(C)C(=O)OCC(=O)O.CC(C)(CO)C(F)(F)F.CC(CCO)C(F)(F)F.CC(F)(CCCO)C(F)(F)F.CC(F)(CCO)C(F)(F)F.OCc1c(F)c(F)c(F)c(F)c1F. The lowest BCUT2D eigenvalue weighted by molar-refractivity contribution is -0.227. The van der Waals surface area contributed by atoms with Crippen LogP contribution in [0.4, 0.5) is 92.2 Å². The molecule has 0 aromatic heterocycles. The Bertz CT molecular complexity index is 1920. The number of carboxylic acid groups (broad SMARTS) is 2. The average molecular weight is 1180 g/mol. The zero-order valence-corrected chi connectivity index (χ0v) is 41.9. The third kappa shape index (κ3) is 33.7. The molecule has 0 spiro atoms. The molecular weight excluding hydrogens is 1120 g/mol. The van der Waals surface area contributed by atoms with Gasteiger partial charge in [-0.05, 0) is 67.2 Å². The number of hydrogen-bond donors (Lipinski definition) is 7. The van der Waals surface area contributed by atoms with Crippen molar-refractivity contribution in [3.63, 3.8) is 0 Å². The number of ether oxygens (including phenoxy) is 2. The molecule has 0 saturated carbocycles. The van der Waals surface area contributed by atoms with E-state index >= 15 is 0 Å². The van der Waals surface area contributed by atoms with Gasteiger partial charge < -0.3 is 45.2 Å². The van der Waals surface area contributed by atoms with Crippen molar-refractivity contribution in [3.8, 4) is 0 Å². The first kappa shape index (κ1) is 83.2. The van der Waals surface area contributed by atoms with Gasteiger partial charge in [0.25, 0.3) is 0 Å². The fourth-order valence-electron chi connectivity index (χ4n) is 3.17. The Morgan fingerprint density at radius 2 is 0.948 bits per heavy atom. The van der Waals surface area contributed by atoms with Crippen molar-refractivity contribution in [1.29, 1.82) is 0 Å². The van der Waals surface area contributed by atoms with E-state index in [1.54, 1.807) is 0 Å². The highest BCUT2D eigenvalue weighted by atomic mass is 19.4. The number of aliphatic hydroxyl groups is 5. The molecule has 0 fully saturated rings. The summed E-state index contributed by atoms with van der Waals surface area (Å²) in [5.41, 5.74) is -9.49. The summed E-state index contributed by atoms with van der Waals surface area (Å²) in [5, 5.41) is 57.1. The van der Waals surface area contributed by atoms with Gasteiger partial charge in [-0.25, -0.2) is 49.9 Å². The quantitative estimate of drug-likeness (QED) is 0.0254. The predicted octanol–water partition coefficient (Wildman–Crippen LogP) is 10.5. The molecule has 0 radical (unpaired) electrons. The molecule has 0 aliphatic heterocycles. The monoisotopic (exact) mass is 1180 g/mol. The standard InChI is InChI=1S/C9H12F2O4.C7H3F5O.C6H10F4O.C6H8O4.C5H8F4O.2C5H9F3O/c1-4-6(9(10,11)8(13)14)15-7(12)5(2)3;8-3-2(1-13)4(9)6(11)7(12)5(3)10;1-5(7,3-2-4-11)6(8,9)10;1-4(2)6(9)10-3-5(7)8;1-4(6,2-3-10)5(7,8)9;1-4(2,3-9)5(6,7)8;1-4(2-3-9)5(6,7)8/h6H,2,4H2,1,3H3,(H,13,14);13H,1H2;11H,2-4H2,1H3;1,3H2,2H3,(H,7,8);10H,2-3H2,1H3;9H,3H2,1-2H3;4,9H,2-3H2,1H3. The lowest BCUT2D eigenvalue weighted by Gasteiger charge is -2.24. The van der Waals surface area contributed by atoms with Gasteiger partial charge in [-0.2, -0.15) is 61.5 Å². The number of halogens is 21. The van der Waals surface area contributed by atoms with Gasteiger partial charge >= 0.3 is 54.5 Å². The summed E-state index contributed by atoms with van der Waals surface area (Å²) >= 11 is 0. The highest BCUT2D eigenvalue weighted by Gasteiger charge is 2.52. The summed E-state index contributed by atoms with van der Waals surface area (Å²) in [4.78, 5) is 41.4. The summed E-state index contributed by atoms with van der Waals surface area (Å²) in [7, 11) is 0. The molecule has 34 heteroatoms. The van der Waals surface area contributed by atoms with Gasteiger partial charge in [0, 0.05) is 37.4 Å². The summed E-state index contributed by atoms with van der Waals surface area (Å²) in [6, 6.07) is 0. The van der Waals surface area contributed by atoms with Crippen LogP contribution in [0.3, 0.4) is 0 Å². The van der Waals surface area contributed by atoms with Gasteiger partial charge in [-0.3, -0.25) is 0 Å². The van der Waals surface area contributed by atoms with Gasteiger partial charge in [0.05, 0.1) is 30.1 Å². The Hall–Kier alpha value is -5.09. The van der Waals surface area contributed by atoms with Crippen LogP contribution in [0.25, 0.3) is 0 Å². The van der Waals surface area contributed by atoms with E-state index in [-0.39, 0.29) is 30.4 Å². The molecule has 0 aliphatic carbocycles. The number of aliphatic hydroxyl groups excluding tert-OH is 5. The second-order valence-corrected chi connectivity index (χ2v) is 16.2. The maximum Gasteiger partial charge on any atom is 0.422 e. The number of rotatable bonds is 17. The second kappa shape index (κ2) is 36.2. The number of esters is 2. The molecule has 4 atom stereocenters. The molecule has 1 rings (SSSR count). The van der Waals surface area contributed by atoms with E-state index in [4.69, 9.17) is 35.7 Å². The Kier molecular flexibility index (Phi) is 39.1. The Labute approximate surface area is 425 Å². The van der Waals surface area contributed by atoms with Crippen molar-refractivity contribution in [2.45, 2.75) is 142 Å². The lowest BCUT2D eigenvalue weighted by atomic mass is 9.94. The van der Waals surface area contributed by atoms with Gasteiger partial charge in [0.1, 0.15) is 0 Å². The summed E-state index contributed by atoms with van der Waals surface area (Å²) in [6.07, 6.45) is -22.4. The van der Waals surface area contributed by atoms with Crippen LogP contribution in [0, 0.1) is 40.4 Å². The Morgan fingerprint density at radius 3 is 1.16 bits per heavy atom. The molecular formula is C43H59F21O13. The molecule has 0 heterocycles. The van der Waals surface area contributed by atoms with Gasteiger partial charge in [-0.15, -0.1) is 0 Å². The van der Waals surface area contributed by atoms with Crippen molar-refractivity contribution in [1.82, 2.24) is 0 Å². The van der Waals surface area contributed by atoms with E-state index in [0.29, 0.717) is 13.8 Å². The number of carbonyl (C=O) groups is 4. The Morgan fingerprint density at radius 1 is 0.571 bits per heavy atom. The topological polar surface area (TPSA) is 228 Å². The molecule has 13 nitrogen and oxygen atoms in total. The van der Waals surface area contributed by atoms with E-state index in [9.17, 15) is 111 Å². The fraction of sp³-hybridized carbons (Fsp3) is 0.674. The second-order valence-electron chi connectivity index (χ2n) is 16.2. The van der Waals surface area contributed by atoms with Gasteiger partial charge in [0.2, 0.25) is 17.2 Å². The zero-order valence-electron chi connectivity index (χ0n) is 41.9. The molecule has 456 valence electrons. The van der Waals surface area contributed by atoms with E-state index in [1.165, 1.54) is 20.8 Å². The third-order valence-electron chi connectivity index (χ3n) is 8.64. The molecule has 1 aromatic rings.